The molecule has 0 bridgehead atoms. The van der Waals surface area contributed by atoms with Gasteiger partial charge >= 0.3 is 6.01 Å². The summed E-state index contributed by atoms with van der Waals surface area (Å²) in [5.41, 5.74) is 0. The van der Waals surface area contributed by atoms with E-state index in [0.29, 0.717) is 5.89 Å². The SMILES string of the molecule is O=C(Nc1nnc(C2CCCN2)o1)C1CC1. The maximum atomic E-state index is 11.5. The summed E-state index contributed by atoms with van der Waals surface area (Å²) < 4.78 is 5.40. The van der Waals surface area contributed by atoms with Gasteiger partial charge in [0.05, 0.1) is 6.04 Å². The molecule has 2 fully saturated rings. The molecule has 1 aromatic rings. The van der Waals surface area contributed by atoms with E-state index in [1.165, 1.54) is 0 Å². The molecule has 86 valence electrons. The first-order valence-corrected chi connectivity index (χ1v) is 5.70. The van der Waals surface area contributed by atoms with Gasteiger partial charge in [-0.1, -0.05) is 5.10 Å². The average molecular weight is 222 g/mol. The molecule has 16 heavy (non-hydrogen) atoms. The highest BCUT2D eigenvalue weighted by molar-refractivity contribution is 5.92. The van der Waals surface area contributed by atoms with Crippen LogP contribution in [0, 0.1) is 5.92 Å². The summed E-state index contributed by atoms with van der Waals surface area (Å²) in [4.78, 5) is 11.5. The molecule has 6 heteroatoms. The molecule has 1 saturated heterocycles. The number of nitrogens with zero attached hydrogens (tertiary/aromatic N) is 2. The van der Waals surface area contributed by atoms with Gasteiger partial charge in [-0.3, -0.25) is 10.1 Å². The summed E-state index contributed by atoms with van der Waals surface area (Å²) in [6.45, 7) is 0.983. The highest BCUT2D eigenvalue weighted by Crippen LogP contribution is 2.30. The van der Waals surface area contributed by atoms with Crippen LogP contribution in [0.4, 0.5) is 6.01 Å². The third kappa shape index (κ3) is 1.92. The molecule has 2 aliphatic rings. The molecular formula is C10H14N4O2. The summed E-state index contributed by atoms with van der Waals surface area (Å²) >= 11 is 0. The number of rotatable bonds is 3. The number of carbonyl (C=O) groups excluding carboxylic acids is 1. The van der Waals surface area contributed by atoms with Gasteiger partial charge in [0.2, 0.25) is 11.8 Å². The Labute approximate surface area is 92.8 Å². The minimum Gasteiger partial charge on any atom is -0.406 e. The summed E-state index contributed by atoms with van der Waals surface area (Å²) in [5.74, 6) is 0.720. The zero-order valence-corrected chi connectivity index (χ0v) is 8.90. The fraction of sp³-hybridized carbons (Fsp3) is 0.700. The van der Waals surface area contributed by atoms with Crippen LogP contribution < -0.4 is 10.6 Å². The molecular weight excluding hydrogens is 208 g/mol. The second-order valence-corrected chi connectivity index (χ2v) is 4.36. The summed E-state index contributed by atoms with van der Waals surface area (Å²) in [7, 11) is 0. The van der Waals surface area contributed by atoms with Crippen molar-refractivity contribution in [3.05, 3.63) is 5.89 Å². The zero-order chi connectivity index (χ0) is 11.0. The Balaban J connectivity index is 1.64. The van der Waals surface area contributed by atoms with Gasteiger partial charge in [-0.25, -0.2) is 0 Å². The Morgan fingerprint density at radius 2 is 2.25 bits per heavy atom. The van der Waals surface area contributed by atoms with Gasteiger partial charge in [-0.15, -0.1) is 5.10 Å². The Kier molecular flexibility index (Phi) is 2.36. The molecule has 1 aromatic heterocycles. The van der Waals surface area contributed by atoms with Gasteiger partial charge in [0, 0.05) is 5.92 Å². The fourth-order valence-electron chi connectivity index (χ4n) is 1.87. The molecule has 1 aliphatic heterocycles. The smallest absolute Gasteiger partial charge is 0.322 e. The summed E-state index contributed by atoms with van der Waals surface area (Å²) in [6, 6.07) is 0.375. The van der Waals surface area contributed by atoms with Crippen LogP contribution in [0.3, 0.4) is 0 Å². The van der Waals surface area contributed by atoms with Crippen LogP contribution in [0.15, 0.2) is 4.42 Å². The van der Waals surface area contributed by atoms with Crippen molar-refractivity contribution in [2.75, 3.05) is 11.9 Å². The minimum absolute atomic E-state index is 0.00502. The lowest BCUT2D eigenvalue weighted by atomic mass is 10.2. The van der Waals surface area contributed by atoms with Gasteiger partial charge in [0.15, 0.2) is 0 Å². The van der Waals surface area contributed by atoms with E-state index < -0.39 is 0 Å². The fourth-order valence-corrected chi connectivity index (χ4v) is 1.87. The van der Waals surface area contributed by atoms with Crippen LogP contribution in [0.1, 0.15) is 37.6 Å². The van der Waals surface area contributed by atoms with E-state index >= 15 is 0 Å². The molecule has 3 rings (SSSR count). The van der Waals surface area contributed by atoms with Crippen LogP contribution in [-0.4, -0.2) is 22.6 Å². The van der Waals surface area contributed by atoms with Crippen LogP contribution in [0.5, 0.6) is 0 Å². The lowest BCUT2D eigenvalue weighted by molar-refractivity contribution is -0.117. The first-order chi connectivity index (χ1) is 7.83. The third-order valence-corrected chi connectivity index (χ3v) is 2.98. The third-order valence-electron chi connectivity index (χ3n) is 2.98. The van der Waals surface area contributed by atoms with Gasteiger partial charge in [0.25, 0.3) is 0 Å². The summed E-state index contributed by atoms with van der Waals surface area (Å²) in [5, 5.41) is 13.7. The monoisotopic (exact) mass is 222 g/mol. The largest absolute Gasteiger partial charge is 0.406 e. The quantitative estimate of drug-likeness (QED) is 0.792. The number of hydrogen-bond donors (Lipinski definition) is 2. The van der Waals surface area contributed by atoms with Crippen molar-refractivity contribution >= 4 is 11.9 Å². The Hall–Kier alpha value is -1.43. The lowest BCUT2D eigenvalue weighted by Crippen LogP contribution is -2.14. The van der Waals surface area contributed by atoms with E-state index in [1.807, 2.05) is 0 Å². The van der Waals surface area contributed by atoms with Crippen molar-refractivity contribution < 1.29 is 9.21 Å². The number of aromatic nitrogens is 2. The van der Waals surface area contributed by atoms with Crippen molar-refractivity contribution in [3.8, 4) is 0 Å². The second kappa shape index (κ2) is 3.86. The van der Waals surface area contributed by atoms with Gasteiger partial charge in [-0.2, -0.15) is 0 Å². The van der Waals surface area contributed by atoms with Gasteiger partial charge < -0.3 is 9.73 Å². The molecule has 1 atom stereocenters. The van der Waals surface area contributed by atoms with E-state index in [1.54, 1.807) is 0 Å². The number of hydrogen-bond acceptors (Lipinski definition) is 5. The van der Waals surface area contributed by atoms with Crippen molar-refractivity contribution in [1.82, 2.24) is 15.5 Å². The molecule has 1 unspecified atom stereocenters. The molecule has 6 nitrogen and oxygen atoms in total. The number of carbonyl (C=O) groups is 1. The summed E-state index contributed by atoms with van der Waals surface area (Å²) in [6.07, 6.45) is 4.07. The highest BCUT2D eigenvalue weighted by Gasteiger charge is 2.31. The highest BCUT2D eigenvalue weighted by atomic mass is 16.4. The number of nitrogens with one attached hydrogen (secondary N) is 2. The van der Waals surface area contributed by atoms with Crippen LogP contribution >= 0.6 is 0 Å². The second-order valence-electron chi connectivity index (χ2n) is 4.36. The van der Waals surface area contributed by atoms with E-state index in [0.717, 1.165) is 32.2 Å². The standard InChI is InChI=1S/C10H14N4O2/c15-8(6-3-4-6)12-10-14-13-9(16-10)7-2-1-5-11-7/h6-7,11H,1-5H2,(H,12,14,15). The predicted octanol–water partition coefficient (Wildman–Crippen LogP) is 0.843. The number of amides is 1. The van der Waals surface area contributed by atoms with E-state index in [-0.39, 0.29) is 23.9 Å². The lowest BCUT2D eigenvalue weighted by Gasteiger charge is -2.02. The predicted molar refractivity (Wildman–Crippen MR) is 55.6 cm³/mol. The molecule has 2 N–H and O–H groups in total. The molecule has 0 radical (unpaired) electrons. The first kappa shape index (κ1) is 9.77. The molecule has 2 heterocycles. The molecule has 0 spiro atoms. The van der Waals surface area contributed by atoms with Crippen molar-refractivity contribution in [2.24, 2.45) is 5.92 Å². The van der Waals surface area contributed by atoms with Gasteiger partial charge in [-0.05, 0) is 32.2 Å². The molecule has 0 aromatic carbocycles. The van der Waals surface area contributed by atoms with Crippen LogP contribution in [0.25, 0.3) is 0 Å². The van der Waals surface area contributed by atoms with Crippen LogP contribution in [-0.2, 0) is 4.79 Å². The zero-order valence-electron chi connectivity index (χ0n) is 8.90. The average Bonchev–Trinajstić information content (AvgIpc) is 2.80. The van der Waals surface area contributed by atoms with Crippen molar-refractivity contribution in [2.45, 2.75) is 31.7 Å². The number of anilines is 1. The Bertz CT molecular complexity index is 393. The molecule has 1 amide bonds. The maximum absolute atomic E-state index is 11.5. The van der Waals surface area contributed by atoms with Crippen molar-refractivity contribution in [3.63, 3.8) is 0 Å². The Morgan fingerprint density at radius 3 is 2.94 bits per heavy atom. The Morgan fingerprint density at radius 1 is 1.38 bits per heavy atom. The van der Waals surface area contributed by atoms with E-state index in [9.17, 15) is 4.79 Å². The van der Waals surface area contributed by atoms with Crippen molar-refractivity contribution in [1.29, 1.82) is 0 Å². The maximum Gasteiger partial charge on any atom is 0.322 e. The van der Waals surface area contributed by atoms with E-state index in [4.69, 9.17) is 4.42 Å². The minimum atomic E-state index is -0.00502. The van der Waals surface area contributed by atoms with E-state index in [2.05, 4.69) is 20.8 Å². The molecule has 1 aliphatic carbocycles. The van der Waals surface area contributed by atoms with Gasteiger partial charge in [0.1, 0.15) is 0 Å². The van der Waals surface area contributed by atoms with Crippen LogP contribution in [0.2, 0.25) is 0 Å². The first-order valence-electron chi connectivity index (χ1n) is 5.70. The molecule has 1 saturated carbocycles. The topological polar surface area (TPSA) is 80.0 Å². The normalized spacial score (nSPS) is 24.6.